The van der Waals surface area contributed by atoms with Crippen molar-refractivity contribution in [2.24, 2.45) is 11.1 Å². The molecule has 1 aliphatic rings. The maximum absolute atomic E-state index is 12.2. The quantitative estimate of drug-likeness (QED) is 0.845. The minimum absolute atomic E-state index is 0.159. The molecule has 1 heterocycles. The molecule has 1 unspecified atom stereocenters. The normalized spacial score (nSPS) is 18.6. The molecule has 0 saturated carbocycles. The fourth-order valence-electron chi connectivity index (χ4n) is 2.87. The maximum atomic E-state index is 12.2. The van der Waals surface area contributed by atoms with Crippen molar-refractivity contribution in [1.82, 2.24) is 5.32 Å². The van der Waals surface area contributed by atoms with E-state index in [1.165, 1.54) is 23.3 Å². The number of hydrogen-bond acceptors (Lipinski definition) is 3. The fourth-order valence-corrected chi connectivity index (χ4v) is 3.86. The van der Waals surface area contributed by atoms with Gasteiger partial charge in [-0.3, -0.25) is 4.79 Å². The predicted octanol–water partition coefficient (Wildman–Crippen LogP) is 3.40. The molecule has 20 heavy (non-hydrogen) atoms. The summed E-state index contributed by atoms with van der Waals surface area (Å²) in [5.41, 5.74) is 7.11. The summed E-state index contributed by atoms with van der Waals surface area (Å²) in [7, 11) is 0. The maximum Gasteiger partial charge on any atom is 0.220 e. The predicted molar refractivity (Wildman–Crippen MR) is 84.8 cm³/mol. The molecule has 0 fully saturated rings. The van der Waals surface area contributed by atoms with Crippen molar-refractivity contribution in [3.8, 4) is 0 Å². The Labute approximate surface area is 125 Å². The highest BCUT2D eigenvalue weighted by Gasteiger charge is 2.24. The SMILES string of the molecule is CC(C)(CCN)CCC(=O)NC1CCCc2sccc21. The Bertz CT molecular complexity index is 453. The van der Waals surface area contributed by atoms with E-state index in [1.54, 1.807) is 0 Å². The van der Waals surface area contributed by atoms with Crippen molar-refractivity contribution >= 4 is 17.2 Å². The number of nitrogens with two attached hydrogens (primary N) is 1. The molecule has 0 aliphatic heterocycles. The Morgan fingerprint density at radius 3 is 3.05 bits per heavy atom. The third kappa shape index (κ3) is 4.06. The lowest BCUT2D eigenvalue weighted by Gasteiger charge is -2.26. The summed E-state index contributed by atoms with van der Waals surface area (Å²) in [4.78, 5) is 13.6. The molecule has 0 aromatic carbocycles. The number of hydrogen-bond donors (Lipinski definition) is 2. The number of fused-ring (bicyclic) bond motifs is 1. The molecule has 1 aromatic heterocycles. The summed E-state index contributed by atoms with van der Waals surface area (Å²) in [6.45, 7) is 5.06. The van der Waals surface area contributed by atoms with Crippen LogP contribution in [0.4, 0.5) is 0 Å². The topological polar surface area (TPSA) is 55.1 Å². The molecule has 3 nitrogen and oxygen atoms in total. The van der Waals surface area contributed by atoms with E-state index in [4.69, 9.17) is 5.73 Å². The Kier molecular flexibility index (Phi) is 5.22. The van der Waals surface area contributed by atoms with Gasteiger partial charge in [0.2, 0.25) is 5.91 Å². The Hall–Kier alpha value is -0.870. The van der Waals surface area contributed by atoms with Crippen LogP contribution in [0.2, 0.25) is 0 Å². The van der Waals surface area contributed by atoms with Gasteiger partial charge in [-0.2, -0.15) is 0 Å². The van der Waals surface area contributed by atoms with Crippen LogP contribution in [0.15, 0.2) is 11.4 Å². The molecule has 0 saturated heterocycles. The minimum Gasteiger partial charge on any atom is -0.349 e. The van der Waals surface area contributed by atoms with Gasteiger partial charge >= 0.3 is 0 Å². The molecule has 1 aromatic rings. The molecule has 3 N–H and O–H groups in total. The van der Waals surface area contributed by atoms with E-state index in [-0.39, 0.29) is 17.4 Å². The van der Waals surface area contributed by atoms with Crippen molar-refractivity contribution < 1.29 is 4.79 Å². The van der Waals surface area contributed by atoms with E-state index in [0.717, 1.165) is 19.3 Å². The molecular weight excluding hydrogens is 268 g/mol. The lowest BCUT2D eigenvalue weighted by atomic mass is 9.84. The summed E-state index contributed by atoms with van der Waals surface area (Å²) in [6.07, 6.45) is 5.89. The van der Waals surface area contributed by atoms with Crippen LogP contribution in [0.5, 0.6) is 0 Å². The van der Waals surface area contributed by atoms with E-state index < -0.39 is 0 Å². The van der Waals surface area contributed by atoms with Gasteiger partial charge in [0, 0.05) is 11.3 Å². The zero-order valence-corrected chi connectivity index (χ0v) is 13.4. The zero-order chi connectivity index (χ0) is 14.6. The van der Waals surface area contributed by atoms with Gasteiger partial charge < -0.3 is 11.1 Å². The van der Waals surface area contributed by atoms with Gasteiger partial charge in [0.25, 0.3) is 0 Å². The number of nitrogens with one attached hydrogen (secondary N) is 1. The Morgan fingerprint density at radius 2 is 2.30 bits per heavy atom. The van der Waals surface area contributed by atoms with Crippen molar-refractivity contribution in [3.63, 3.8) is 0 Å². The standard InChI is InChI=1S/C16H26N2OS/c1-16(2,9-10-17)8-6-15(19)18-13-4-3-5-14-12(13)7-11-20-14/h7,11,13H,3-6,8-10,17H2,1-2H3,(H,18,19). The zero-order valence-electron chi connectivity index (χ0n) is 12.6. The van der Waals surface area contributed by atoms with Crippen LogP contribution in [0.1, 0.15) is 62.4 Å². The summed E-state index contributed by atoms with van der Waals surface area (Å²) < 4.78 is 0. The minimum atomic E-state index is 0.159. The van der Waals surface area contributed by atoms with E-state index in [1.807, 2.05) is 11.3 Å². The highest BCUT2D eigenvalue weighted by atomic mass is 32.1. The number of rotatable bonds is 6. The van der Waals surface area contributed by atoms with Crippen LogP contribution in [-0.2, 0) is 11.2 Å². The third-order valence-corrected chi connectivity index (χ3v) is 5.23. The number of amides is 1. The number of carbonyl (C=O) groups is 1. The van der Waals surface area contributed by atoms with Gasteiger partial charge in [-0.15, -0.1) is 11.3 Å². The third-order valence-electron chi connectivity index (χ3n) is 4.24. The van der Waals surface area contributed by atoms with Crippen LogP contribution >= 0.6 is 11.3 Å². The summed E-state index contributed by atoms with van der Waals surface area (Å²) in [5, 5.41) is 5.35. The molecule has 0 radical (unpaired) electrons. The summed E-state index contributed by atoms with van der Waals surface area (Å²) in [6, 6.07) is 2.40. The van der Waals surface area contributed by atoms with Gasteiger partial charge in [0.15, 0.2) is 0 Å². The van der Waals surface area contributed by atoms with E-state index >= 15 is 0 Å². The largest absolute Gasteiger partial charge is 0.349 e. The molecule has 0 spiro atoms. The summed E-state index contributed by atoms with van der Waals surface area (Å²) in [5.74, 6) is 0.180. The average molecular weight is 294 g/mol. The first-order valence-electron chi connectivity index (χ1n) is 7.57. The van der Waals surface area contributed by atoms with Crippen molar-refractivity contribution in [2.75, 3.05) is 6.54 Å². The van der Waals surface area contributed by atoms with E-state index in [0.29, 0.717) is 13.0 Å². The fraction of sp³-hybridized carbons (Fsp3) is 0.688. The molecule has 4 heteroatoms. The Balaban J connectivity index is 1.84. The molecular formula is C16H26N2OS. The van der Waals surface area contributed by atoms with Crippen molar-refractivity contribution in [2.45, 2.75) is 58.4 Å². The van der Waals surface area contributed by atoms with Gasteiger partial charge in [0.05, 0.1) is 6.04 Å². The smallest absolute Gasteiger partial charge is 0.220 e. The first-order chi connectivity index (χ1) is 9.52. The van der Waals surface area contributed by atoms with Gasteiger partial charge in [0.1, 0.15) is 0 Å². The first kappa shape index (κ1) is 15.5. The second kappa shape index (κ2) is 6.72. The lowest BCUT2D eigenvalue weighted by Crippen LogP contribution is -2.31. The first-order valence-corrected chi connectivity index (χ1v) is 8.45. The highest BCUT2D eigenvalue weighted by Crippen LogP contribution is 2.33. The second-order valence-corrected chi connectivity index (χ2v) is 7.52. The van der Waals surface area contributed by atoms with Crippen LogP contribution in [0, 0.1) is 5.41 Å². The molecule has 2 rings (SSSR count). The van der Waals surface area contributed by atoms with Gasteiger partial charge in [-0.05, 0) is 61.1 Å². The molecule has 1 aliphatic carbocycles. The van der Waals surface area contributed by atoms with Crippen LogP contribution < -0.4 is 11.1 Å². The number of thiophene rings is 1. The Morgan fingerprint density at radius 1 is 1.50 bits per heavy atom. The molecule has 0 bridgehead atoms. The van der Waals surface area contributed by atoms with Crippen molar-refractivity contribution in [3.05, 3.63) is 21.9 Å². The second-order valence-electron chi connectivity index (χ2n) is 6.51. The summed E-state index contributed by atoms with van der Waals surface area (Å²) >= 11 is 1.82. The van der Waals surface area contributed by atoms with Crippen LogP contribution in [0.3, 0.4) is 0 Å². The van der Waals surface area contributed by atoms with Crippen molar-refractivity contribution in [1.29, 1.82) is 0 Å². The van der Waals surface area contributed by atoms with E-state index in [2.05, 4.69) is 30.6 Å². The van der Waals surface area contributed by atoms with Gasteiger partial charge in [-0.1, -0.05) is 13.8 Å². The molecule has 1 atom stereocenters. The highest BCUT2D eigenvalue weighted by molar-refractivity contribution is 7.10. The molecule has 112 valence electrons. The lowest BCUT2D eigenvalue weighted by molar-refractivity contribution is -0.122. The monoisotopic (exact) mass is 294 g/mol. The van der Waals surface area contributed by atoms with Crippen LogP contribution in [-0.4, -0.2) is 12.5 Å². The average Bonchev–Trinajstić information content (AvgIpc) is 2.86. The van der Waals surface area contributed by atoms with Gasteiger partial charge in [-0.25, -0.2) is 0 Å². The van der Waals surface area contributed by atoms with Crippen LogP contribution in [0.25, 0.3) is 0 Å². The molecule has 1 amide bonds. The number of aryl methyl sites for hydroxylation is 1. The number of carbonyl (C=O) groups excluding carboxylic acids is 1. The van der Waals surface area contributed by atoms with E-state index in [9.17, 15) is 4.79 Å².